The van der Waals surface area contributed by atoms with Gasteiger partial charge in [0.05, 0.1) is 12.3 Å². The number of hydrogen-bond acceptors (Lipinski definition) is 2. The first-order valence-electron chi connectivity index (χ1n) is 4.86. The van der Waals surface area contributed by atoms with Crippen LogP contribution in [0.15, 0.2) is 12.1 Å². The third-order valence-electron chi connectivity index (χ3n) is 2.59. The zero-order chi connectivity index (χ0) is 9.26. The van der Waals surface area contributed by atoms with Crippen LogP contribution >= 0.6 is 0 Å². The van der Waals surface area contributed by atoms with Gasteiger partial charge >= 0.3 is 0 Å². The monoisotopic (exact) mass is 177 g/mol. The maximum atomic E-state index is 6.00. The van der Waals surface area contributed by atoms with Gasteiger partial charge in [-0.2, -0.15) is 0 Å². The normalized spacial score (nSPS) is 14.2. The quantitative estimate of drug-likeness (QED) is 0.702. The summed E-state index contributed by atoms with van der Waals surface area (Å²) in [5, 5.41) is 0. The SMILES string of the molecule is CCOc1ccc2c(c1N)CCC2. The molecule has 2 rings (SSSR count). The van der Waals surface area contributed by atoms with Gasteiger partial charge in [-0.15, -0.1) is 0 Å². The number of nitrogen functional groups attached to an aromatic ring is 1. The summed E-state index contributed by atoms with van der Waals surface area (Å²) in [5.74, 6) is 0.850. The summed E-state index contributed by atoms with van der Waals surface area (Å²) in [6, 6.07) is 4.13. The molecule has 0 atom stereocenters. The fourth-order valence-corrected chi connectivity index (χ4v) is 1.95. The summed E-state index contributed by atoms with van der Waals surface area (Å²) in [5.41, 5.74) is 9.57. The highest BCUT2D eigenvalue weighted by molar-refractivity contribution is 5.62. The highest BCUT2D eigenvalue weighted by atomic mass is 16.5. The predicted molar refractivity (Wildman–Crippen MR) is 54.0 cm³/mol. The van der Waals surface area contributed by atoms with Crippen LogP contribution in [0.25, 0.3) is 0 Å². The number of anilines is 1. The van der Waals surface area contributed by atoms with Crippen molar-refractivity contribution in [2.45, 2.75) is 26.2 Å². The van der Waals surface area contributed by atoms with Crippen LogP contribution in [0.4, 0.5) is 5.69 Å². The number of benzene rings is 1. The van der Waals surface area contributed by atoms with Gasteiger partial charge in [0.1, 0.15) is 5.75 Å². The number of fused-ring (bicyclic) bond motifs is 1. The van der Waals surface area contributed by atoms with E-state index in [9.17, 15) is 0 Å². The molecule has 2 heteroatoms. The molecule has 0 fully saturated rings. The molecule has 0 bridgehead atoms. The zero-order valence-corrected chi connectivity index (χ0v) is 7.97. The van der Waals surface area contributed by atoms with Gasteiger partial charge in [-0.25, -0.2) is 0 Å². The van der Waals surface area contributed by atoms with E-state index >= 15 is 0 Å². The first-order valence-corrected chi connectivity index (χ1v) is 4.86. The maximum Gasteiger partial charge on any atom is 0.142 e. The molecule has 0 amide bonds. The second kappa shape index (κ2) is 3.29. The van der Waals surface area contributed by atoms with Crippen LogP contribution < -0.4 is 10.5 Å². The molecule has 0 saturated carbocycles. The molecule has 2 nitrogen and oxygen atoms in total. The van der Waals surface area contributed by atoms with Crippen molar-refractivity contribution >= 4 is 5.69 Å². The molecule has 0 aromatic heterocycles. The van der Waals surface area contributed by atoms with Crippen LogP contribution in [-0.4, -0.2) is 6.61 Å². The van der Waals surface area contributed by atoms with Crippen molar-refractivity contribution in [1.82, 2.24) is 0 Å². The van der Waals surface area contributed by atoms with Crippen molar-refractivity contribution in [3.63, 3.8) is 0 Å². The van der Waals surface area contributed by atoms with Gasteiger partial charge in [0.25, 0.3) is 0 Å². The molecule has 1 aromatic rings. The van der Waals surface area contributed by atoms with Crippen molar-refractivity contribution in [1.29, 1.82) is 0 Å². The Bertz CT molecular complexity index is 320. The third kappa shape index (κ3) is 1.37. The second-order valence-corrected chi connectivity index (χ2v) is 3.40. The number of ether oxygens (including phenoxy) is 1. The molecule has 0 spiro atoms. The lowest BCUT2D eigenvalue weighted by Gasteiger charge is -2.10. The fraction of sp³-hybridized carbons (Fsp3) is 0.455. The van der Waals surface area contributed by atoms with Crippen molar-refractivity contribution in [3.05, 3.63) is 23.3 Å². The van der Waals surface area contributed by atoms with E-state index in [2.05, 4.69) is 6.07 Å². The molecule has 1 aliphatic rings. The van der Waals surface area contributed by atoms with Crippen LogP contribution in [0.2, 0.25) is 0 Å². The smallest absolute Gasteiger partial charge is 0.142 e. The third-order valence-corrected chi connectivity index (χ3v) is 2.59. The summed E-state index contributed by atoms with van der Waals surface area (Å²) in [6.07, 6.45) is 3.52. The van der Waals surface area contributed by atoms with Crippen LogP contribution in [0.3, 0.4) is 0 Å². The molecule has 1 aliphatic carbocycles. The molecule has 0 radical (unpaired) electrons. The number of rotatable bonds is 2. The molecular weight excluding hydrogens is 162 g/mol. The van der Waals surface area contributed by atoms with Crippen molar-refractivity contribution in [2.75, 3.05) is 12.3 Å². The van der Waals surface area contributed by atoms with E-state index in [-0.39, 0.29) is 0 Å². The van der Waals surface area contributed by atoms with Gasteiger partial charge in [0, 0.05) is 0 Å². The highest BCUT2D eigenvalue weighted by Gasteiger charge is 2.16. The van der Waals surface area contributed by atoms with Gasteiger partial charge < -0.3 is 10.5 Å². The Balaban J connectivity index is 2.40. The minimum Gasteiger partial charge on any atom is -0.492 e. The average Bonchev–Trinajstić information content (AvgIpc) is 2.58. The Kier molecular flexibility index (Phi) is 2.13. The Hall–Kier alpha value is -1.18. The predicted octanol–water partition coefficient (Wildman–Crippen LogP) is 2.16. The summed E-state index contributed by atoms with van der Waals surface area (Å²) in [7, 11) is 0. The first-order chi connectivity index (χ1) is 6.33. The average molecular weight is 177 g/mol. The lowest BCUT2D eigenvalue weighted by Crippen LogP contribution is -2.00. The topological polar surface area (TPSA) is 35.2 Å². The van der Waals surface area contributed by atoms with Gasteiger partial charge in [-0.05, 0) is 43.4 Å². The number of hydrogen-bond donors (Lipinski definition) is 1. The van der Waals surface area contributed by atoms with E-state index in [4.69, 9.17) is 10.5 Å². The Morgan fingerprint density at radius 1 is 1.38 bits per heavy atom. The molecule has 0 aliphatic heterocycles. The zero-order valence-electron chi connectivity index (χ0n) is 7.97. The Labute approximate surface area is 78.7 Å². The molecule has 0 heterocycles. The van der Waals surface area contributed by atoms with Crippen LogP contribution in [0.1, 0.15) is 24.5 Å². The number of nitrogens with two attached hydrogens (primary N) is 1. The summed E-state index contributed by atoms with van der Waals surface area (Å²) in [6.45, 7) is 2.66. The Morgan fingerprint density at radius 3 is 3.00 bits per heavy atom. The molecule has 13 heavy (non-hydrogen) atoms. The first kappa shape index (κ1) is 8.42. The van der Waals surface area contributed by atoms with E-state index in [1.54, 1.807) is 0 Å². The van der Waals surface area contributed by atoms with E-state index in [0.29, 0.717) is 6.61 Å². The van der Waals surface area contributed by atoms with Crippen LogP contribution in [0, 0.1) is 0 Å². The largest absolute Gasteiger partial charge is 0.492 e. The minimum absolute atomic E-state index is 0.684. The second-order valence-electron chi connectivity index (χ2n) is 3.40. The van der Waals surface area contributed by atoms with Gasteiger partial charge in [0.2, 0.25) is 0 Å². The Morgan fingerprint density at radius 2 is 2.23 bits per heavy atom. The summed E-state index contributed by atoms with van der Waals surface area (Å²) < 4.78 is 5.44. The van der Waals surface area contributed by atoms with E-state index in [1.807, 2.05) is 13.0 Å². The van der Waals surface area contributed by atoms with Crippen molar-refractivity contribution < 1.29 is 4.74 Å². The molecule has 0 unspecified atom stereocenters. The summed E-state index contributed by atoms with van der Waals surface area (Å²) >= 11 is 0. The lowest BCUT2D eigenvalue weighted by molar-refractivity contribution is 0.342. The van der Waals surface area contributed by atoms with Crippen LogP contribution in [-0.2, 0) is 12.8 Å². The standard InChI is InChI=1S/C11H15NO/c1-2-13-10-7-6-8-4-3-5-9(8)11(10)12/h6-7H,2-5,12H2,1H3. The molecule has 0 saturated heterocycles. The van der Waals surface area contributed by atoms with E-state index in [1.165, 1.54) is 24.0 Å². The molecule has 1 aromatic carbocycles. The van der Waals surface area contributed by atoms with Gasteiger partial charge in [0.15, 0.2) is 0 Å². The number of aryl methyl sites for hydroxylation is 1. The van der Waals surface area contributed by atoms with E-state index < -0.39 is 0 Å². The van der Waals surface area contributed by atoms with Gasteiger partial charge in [-0.1, -0.05) is 6.07 Å². The molecule has 70 valence electrons. The lowest BCUT2D eigenvalue weighted by atomic mass is 10.1. The van der Waals surface area contributed by atoms with E-state index in [0.717, 1.165) is 17.9 Å². The van der Waals surface area contributed by atoms with Crippen molar-refractivity contribution in [2.24, 2.45) is 0 Å². The molecule has 2 N–H and O–H groups in total. The van der Waals surface area contributed by atoms with Crippen LogP contribution in [0.5, 0.6) is 5.75 Å². The fourth-order valence-electron chi connectivity index (χ4n) is 1.95. The molecular formula is C11H15NO. The van der Waals surface area contributed by atoms with Crippen molar-refractivity contribution in [3.8, 4) is 5.75 Å². The summed E-state index contributed by atoms with van der Waals surface area (Å²) in [4.78, 5) is 0. The van der Waals surface area contributed by atoms with Gasteiger partial charge in [-0.3, -0.25) is 0 Å². The maximum absolute atomic E-state index is 6.00. The minimum atomic E-state index is 0.684. The highest BCUT2D eigenvalue weighted by Crippen LogP contribution is 2.33.